The second-order valence-electron chi connectivity index (χ2n) is 6.76. The first-order valence-corrected chi connectivity index (χ1v) is 9.10. The van der Waals surface area contributed by atoms with Crippen molar-refractivity contribution in [3.63, 3.8) is 0 Å². The van der Waals surface area contributed by atoms with Gasteiger partial charge in [0.2, 0.25) is 11.8 Å². The molecule has 0 bridgehead atoms. The van der Waals surface area contributed by atoms with Gasteiger partial charge in [-0.15, -0.1) is 0 Å². The summed E-state index contributed by atoms with van der Waals surface area (Å²) in [5.41, 5.74) is 1.08. The van der Waals surface area contributed by atoms with Gasteiger partial charge >= 0.3 is 0 Å². The number of nitrogens with zero attached hydrogens (tertiary/aromatic N) is 2. The van der Waals surface area contributed by atoms with Crippen LogP contribution in [0.5, 0.6) is 11.5 Å². The number of carbonyl (C=O) groups is 2. The summed E-state index contributed by atoms with van der Waals surface area (Å²) < 4.78 is 10.6. The van der Waals surface area contributed by atoms with Crippen LogP contribution in [-0.2, 0) is 16.0 Å². The Morgan fingerprint density at radius 1 is 1.19 bits per heavy atom. The largest absolute Gasteiger partial charge is 0.493 e. The SMILES string of the molecule is COc1ccc(CCN2CC(C(=O)N3CCNCC3)CC2=O)cc1OC. The van der Waals surface area contributed by atoms with Gasteiger partial charge in [-0.2, -0.15) is 0 Å². The monoisotopic (exact) mass is 361 g/mol. The normalized spacial score (nSPS) is 20.4. The number of amides is 2. The van der Waals surface area contributed by atoms with Crippen LogP contribution < -0.4 is 14.8 Å². The molecule has 2 heterocycles. The van der Waals surface area contributed by atoms with E-state index in [9.17, 15) is 9.59 Å². The van der Waals surface area contributed by atoms with Gasteiger partial charge in [-0.1, -0.05) is 6.07 Å². The number of carbonyl (C=O) groups excluding carboxylic acids is 2. The van der Waals surface area contributed by atoms with Crippen LogP contribution in [-0.4, -0.2) is 75.1 Å². The Hall–Kier alpha value is -2.28. The molecule has 1 aromatic rings. The molecule has 7 heteroatoms. The number of methoxy groups -OCH3 is 2. The Balaban J connectivity index is 1.55. The number of rotatable bonds is 6. The molecule has 7 nitrogen and oxygen atoms in total. The van der Waals surface area contributed by atoms with E-state index in [0.717, 1.165) is 38.2 Å². The molecule has 0 aliphatic carbocycles. The van der Waals surface area contributed by atoms with Crippen molar-refractivity contribution in [2.75, 3.05) is 53.5 Å². The van der Waals surface area contributed by atoms with Gasteiger partial charge in [0, 0.05) is 45.7 Å². The van der Waals surface area contributed by atoms with Crippen LogP contribution in [0.15, 0.2) is 18.2 Å². The van der Waals surface area contributed by atoms with E-state index in [0.29, 0.717) is 31.0 Å². The van der Waals surface area contributed by atoms with Crippen LogP contribution in [0.25, 0.3) is 0 Å². The standard InChI is InChI=1S/C19H27N3O4/c1-25-16-4-3-14(11-17(16)26-2)5-8-22-13-15(12-18(22)23)19(24)21-9-6-20-7-10-21/h3-4,11,15,20H,5-10,12-13H2,1-2H3. The third kappa shape index (κ3) is 4.09. The van der Waals surface area contributed by atoms with Crippen LogP contribution in [0.4, 0.5) is 0 Å². The van der Waals surface area contributed by atoms with Crippen molar-refractivity contribution >= 4 is 11.8 Å². The number of piperazine rings is 1. The Kier molecular flexibility index (Phi) is 5.98. The van der Waals surface area contributed by atoms with Crippen LogP contribution in [0, 0.1) is 5.92 Å². The third-order valence-corrected chi connectivity index (χ3v) is 5.11. The number of likely N-dealkylation sites (tertiary alicyclic amines) is 1. The minimum atomic E-state index is -0.203. The van der Waals surface area contributed by atoms with Crippen molar-refractivity contribution in [2.24, 2.45) is 5.92 Å². The lowest BCUT2D eigenvalue weighted by Crippen LogP contribution is -2.48. The van der Waals surface area contributed by atoms with Gasteiger partial charge in [-0.05, 0) is 24.1 Å². The Bertz CT molecular complexity index is 658. The van der Waals surface area contributed by atoms with Gasteiger partial charge in [0.25, 0.3) is 0 Å². The summed E-state index contributed by atoms with van der Waals surface area (Å²) in [5, 5.41) is 3.24. The first-order valence-electron chi connectivity index (χ1n) is 9.10. The average molecular weight is 361 g/mol. The van der Waals surface area contributed by atoms with Gasteiger partial charge < -0.3 is 24.6 Å². The molecule has 3 rings (SSSR count). The summed E-state index contributed by atoms with van der Waals surface area (Å²) in [7, 11) is 3.22. The summed E-state index contributed by atoms with van der Waals surface area (Å²) in [5.74, 6) is 1.36. The molecule has 2 aliphatic rings. The summed E-state index contributed by atoms with van der Waals surface area (Å²) in [4.78, 5) is 28.6. The molecule has 1 aromatic carbocycles. The van der Waals surface area contributed by atoms with Gasteiger partial charge in [0.1, 0.15) is 0 Å². The summed E-state index contributed by atoms with van der Waals surface area (Å²) in [6, 6.07) is 5.78. The van der Waals surface area contributed by atoms with Crippen molar-refractivity contribution in [2.45, 2.75) is 12.8 Å². The van der Waals surface area contributed by atoms with Crippen molar-refractivity contribution < 1.29 is 19.1 Å². The van der Waals surface area contributed by atoms with E-state index in [4.69, 9.17) is 9.47 Å². The molecule has 0 spiro atoms. The second kappa shape index (κ2) is 8.40. The van der Waals surface area contributed by atoms with E-state index < -0.39 is 0 Å². The zero-order valence-corrected chi connectivity index (χ0v) is 15.5. The summed E-state index contributed by atoms with van der Waals surface area (Å²) >= 11 is 0. The molecule has 0 radical (unpaired) electrons. The van der Waals surface area contributed by atoms with E-state index in [-0.39, 0.29) is 17.7 Å². The lowest BCUT2D eigenvalue weighted by Gasteiger charge is -2.29. The molecule has 0 saturated carbocycles. The van der Waals surface area contributed by atoms with E-state index in [1.54, 1.807) is 14.2 Å². The maximum Gasteiger partial charge on any atom is 0.228 e. The Labute approximate surface area is 154 Å². The molecule has 142 valence electrons. The average Bonchev–Trinajstić information content (AvgIpc) is 3.06. The van der Waals surface area contributed by atoms with E-state index in [1.807, 2.05) is 28.0 Å². The zero-order valence-electron chi connectivity index (χ0n) is 15.5. The quantitative estimate of drug-likeness (QED) is 0.800. The smallest absolute Gasteiger partial charge is 0.228 e. The number of hydrogen-bond donors (Lipinski definition) is 1. The fourth-order valence-electron chi connectivity index (χ4n) is 3.60. The summed E-state index contributed by atoms with van der Waals surface area (Å²) in [6.07, 6.45) is 1.05. The number of hydrogen-bond acceptors (Lipinski definition) is 5. The highest BCUT2D eigenvalue weighted by atomic mass is 16.5. The van der Waals surface area contributed by atoms with Gasteiger partial charge in [-0.25, -0.2) is 0 Å². The lowest BCUT2D eigenvalue weighted by atomic mass is 10.1. The molecule has 26 heavy (non-hydrogen) atoms. The minimum Gasteiger partial charge on any atom is -0.493 e. The molecular weight excluding hydrogens is 334 g/mol. The van der Waals surface area contributed by atoms with Crippen LogP contribution in [0.3, 0.4) is 0 Å². The lowest BCUT2D eigenvalue weighted by molar-refractivity contribution is -0.136. The van der Waals surface area contributed by atoms with Crippen LogP contribution >= 0.6 is 0 Å². The molecule has 0 aromatic heterocycles. The Morgan fingerprint density at radius 3 is 2.62 bits per heavy atom. The number of ether oxygens (including phenoxy) is 2. The van der Waals surface area contributed by atoms with Crippen LogP contribution in [0.2, 0.25) is 0 Å². The predicted octanol–water partition coefficient (Wildman–Crippen LogP) is 0.527. The predicted molar refractivity (Wildman–Crippen MR) is 97.4 cm³/mol. The highest BCUT2D eigenvalue weighted by molar-refractivity contribution is 5.89. The molecule has 1 atom stereocenters. The molecule has 2 amide bonds. The molecule has 1 unspecified atom stereocenters. The molecule has 2 saturated heterocycles. The topological polar surface area (TPSA) is 71.1 Å². The van der Waals surface area contributed by atoms with Crippen molar-refractivity contribution in [3.05, 3.63) is 23.8 Å². The second-order valence-corrected chi connectivity index (χ2v) is 6.76. The third-order valence-electron chi connectivity index (χ3n) is 5.11. The molecule has 1 N–H and O–H groups in total. The van der Waals surface area contributed by atoms with Gasteiger partial charge in [0.05, 0.1) is 20.1 Å². The highest BCUT2D eigenvalue weighted by Gasteiger charge is 2.36. The fourth-order valence-corrected chi connectivity index (χ4v) is 3.60. The molecule has 2 fully saturated rings. The summed E-state index contributed by atoms with van der Waals surface area (Å²) in [6.45, 7) is 4.25. The van der Waals surface area contributed by atoms with Crippen molar-refractivity contribution in [3.8, 4) is 11.5 Å². The van der Waals surface area contributed by atoms with Crippen molar-refractivity contribution in [1.82, 2.24) is 15.1 Å². The first-order chi connectivity index (χ1) is 12.6. The van der Waals surface area contributed by atoms with Gasteiger partial charge in [0.15, 0.2) is 11.5 Å². The molecular formula is C19H27N3O4. The van der Waals surface area contributed by atoms with Crippen LogP contribution in [0.1, 0.15) is 12.0 Å². The minimum absolute atomic E-state index is 0.0685. The fraction of sp³-hybridized carbons (Fsp3) is 0.579. The van der Waals surface area contributed by atoms with Crippen molar-refractivity contribution in [1.29, 1.82) is 0 Å². The first kappa shape index (κ1) is 18.5. The van der Waals surface area contributed by atoms with E-state index >= 15 is 0 Å². The van der Waals surface area contributed by atoms with E-state index in [2.05, 4.69) is 5.32 Å². The maximum atomic E-state index is 12.6. The number of nitrogens with one attached hydrogen (secondary N) is 1. The Morgan fingerprint density at radius 2 is 1.92 bits per heavy atom. The number of benzene rings is 1. The van der Waals surface area contributed by atoms with Gasteiger partial charge in [-0.3, -0.25) is 9.59 Å². The maximum absolute atomic E-state index is 12.6. The molecule has 2 aliphatic heterocycles. The zero-order chi connectivity index (χ0) is 18.5. The highest BCUT2D eigenvalue weighted by Crippen LogP contribution is 2.28. The van der Waals surface area contributed by atoms with E-state index in [1.165, 1.54) is 0 Å².